The summed E-state index contributed by atoms with van der Waals surface area (Å²) in [6.07, 6.45) is -2.74. The summed E-state index contributed by atoms with van der Waals surface area (Å²) in [5, 5.41) is 4.03. The molecule has 0 atom stereocenters. The molecule has 0 aliphatic carbocycles. The van der Waals surface area contributed by atoms with Crippen molar-refractivity contribution < 1.29 is 35.9 Å². The number of unbranched alkanes of at least 4 members (excludes halogenated alkanes) is 2. The van der Waals surface area contributed by atoms with Crippen LogP contribution in [0.5, 0.6) is 0 Å². The number of hydrogen-bond acceptors (Lipinski definition) is 2. The third kappa shape index (κ3) is 7.50. The number of carbonyl (C=O) groups is 2. The Kier molecular flexibility index (Phi) is 9.38. The molecule has 3 aromatic rings. The first kappa shape index (κ1) is 28.5. The van der Waals surface area contributed by atoms with E-state index in [2.05, 4.69) is 5.32 Å². The summed E-state index contributed by atoms with van der Waals surface area (Å²) < 4.78 is 79.5. The largest absolute Gasteiger partial charge is 0.471 e. The minimum absolute atomic E-state index is 0.0218. The molecule has 0 bridgehead atoms. The van der Waals surface area contributed by atoms with E-state index >= 15 is 0 Å². The fraction of sp³-hybridized carbons (Fsp3) is 0.259. The summed E-state index contributed by atoms with van der Waals surface area (Å²) in [5.41, 5.74) is 0.731. The summed E-state index contributed by atoms with van der Waals surface area (Å²) in [6, 6.07) is 12.7. The Morgan fingerprint density at radius 2 is 1.50 bits per heavy atom. The summed E-state index contributed by atoms with van der Waals surface area (Å²) in [4.78, 5) is 25.6. The number of carbonyl (C=O) groups excluding carboxylic acids is 2. The van der Waals surface area contributed by atoms with Crippen molar-refractivity contribution in [3.63, 3.8) is 0 Å². The molecule has 0 unspecified atom stereocenters. The van der Waals surface area contributed by atoms with Gasteiger partial charge >= 0.3 is 18.1 Å². The molecule has 0 aliphatic heterocycles. The van der Waals surface area contributed by atoms with Gasteiger partial charge in [-0.3, -0.25) is 4.79 Å². The van der Waals surface area contributed by atoms with Gasteiger partial charge < -0.3 is 15.5 Å². The number of urea groups is 1. The molecule has 0 aliphatic rings. The minimum atomic E-state index is -5.04. The fourth-order valence-electron chi connectivity index (χ4n) is 3.70. The fourth-order valence-corrected chi connectivity index (χ4v) is 3.70. The maximum atomic E-state index is 14.0. The lowest BCUT2D eigenvalue weighted by Gasteiger charge is -2.24. The number of para-hydroxylation sites is 1. The minimum Gasteiger partial charge on any atom is -0.320 e. The molecule has 3 aromatic carbocycles. The molecule has 0 heterocycles. The van der Waals surface area contributed by atoms with E-state index in [1.165, 1.54) is 17.0 Å². The Hall–Kier alpha value is -4.02. The number of nitrogens with one attached hydrogen (secondary N) is 2. The zero-order valence-electron chi connectivity index (χ0n) is 20.3. The zero-order valence-corrected chi connectivity index (χ0v) is 20.3. The van der Waals surface area contributed by atoms with Crippen LogP contribution in [0.3, 0.4) is 0 Å². The van der Waals surface area contributed by atoms with Crippen molar-refractivity contribution in [2.45, 2.75) is 38.9 Å². The van der Waals surface area contributed by atoms with Crippen LogP contribution in [-0.2, 0) is 11.3 Å². The number of rotatable bonds is 9. The molecule has 0 fully saturated rings. The molecule has 38 heavy (non-hydrogen) atoms. The van der Waals surface area contributed by atoms with E-state index in [4.69, 9.17) is 0 Å². The number of benzene rings is 3. The molecular formula is C27H25F6N3O2. The highest BCUT2D eigenvalue weighted by atomic mass is 19.4. The van der Waals surface area contributed by atoms with Crippen molar-refractivity contribution in [2.24, 2.45) is 0 Å². The van der Waals surface area contributed by atoms with Gasteiger partial charge in [0.2, 0.25) is 0 Å². The smallest absolute Gasteiger partial charge is 0.320 e. The van der Waals surface area contributed by atoms with Crippen molar-refractivity contribution in [3.05, 3.63) is 83.7 Å². The predicted octanol–water partition coefficient (Wildman–Crippen LogP) is 7.50. The predicted molar refractivity (Wildman–Crippen MR) is 132 cm³/mol. The Morgan fingerprint density at radius 1 is 0.868 bits per heavy atom. The maximum absolute atomic E-state index is 14.0. The quantitative estimate of drug-likeness (QED) is 0.219. The van der Waals surface area contributed by atoms with Gasteiger partial charge in [0.15, 0.2) is 11.6 Å². The van der Waals surface area contributed by atoms with Gasteiger partial charge in [0.1, 0.15) is 11.5 Å². The Labute approximate surface area is 215 Å². The molecule has 202 valence electrons. The van der Waals surface area contributed by atoms with E-state index < -0.39 is 41.3 Å². The van der Waals surface area contributed by atoms with Crippen LogP contribution in [0.2, 0.25) is 0 Å². The third-order valence-electron chi connectivity index (χ3n) is 5.63. The Balaban J connectivity index is 1.79. The van der Waals surface area contributed by atoms with Crippen LogP contribution in [0.1, 0.15) is 31.7 Å². The van der Waals surface area contributed by atoms with Gasteiger partial charge in [0, 0.05) is 36.5 Å². The van der Waals surface area contributed by atoms with E-state index in [0.29, 0.717) is 35.2 Å². The molecule has 0 aromatic heterocycles. The van der Waals surface area contributed by atoms with E-state index in [-0.39, 0.29) is 18.8 Å². The van der Waals surface area contributed by atoms with Crippen molar-refractivity contribution in [3.8, 4) is 11.1 Å². The van der Waals surface area contributed by atoms with E-state index in [1.807, 2.05) is 12.2 Å². The molecule has 5 nitrogen and oxygen atoms in total. The molecule has 11 heteroatoms. The third-order valence-corrected chi connectivity index (χ3v) is 5.63. The maximum Gasteiger partial charge on any atom is 0.471 e. The second kappa shape index (κ2) is 12.5. The van der Waals surface area contributed by atoms with Crippen molar-refractivity contribution in [2.75, 3.05) is 17.2 Å². The van der Waals surface area contributed by atoms with Crippen LogP contribution in [-0.4, -0.2) is 29.6 Å². The standard InChI is InChI=1S/C27H25F6N3O2/c1-2-3-6-13-36(26(38)35-24-21(29)14-19(28)15-22(24)30)16-17-9-11-18(12-10-17)20-7-4-5-8-23(20)34-25(37)27(31,32)33/h4-5,7-12,14-15H,2-3,6,13,16H2,1H3,(H,34,37)(H,35,38). The average molecular weight is 538 g/mol. The average Bonchev–Trinajstić information content (AvgIpc) is 2.86. The Morgan fingerprint density at radius 3 is 2.11 bits per heavy atom. The van der Waals surface area contributed by atoms with Crippen LogP contribution < -0.4 is 10.6 Å². The lowest BCUT2D eigenvalue weighted by molar-refractivity contribution is -0.167. The number of amides is 3. The molecule has 0 radical (unpaired) electrons. The molecule has 0 saturated heterocycles. The van der Waals surface area contributed by atoms with E-state index in [9.17, 15) is 35.9 Å². The number of alkyl halides is 3. The molecule has 2 N–H and O–H groups in total. The summed E-state index contributed by atoms with van der Waals surface area (Å²) in [5.74, 6) is -5.70. The highest BCUT2D eigenvalue weighted by Gasteiger charge is 2.39. The van der Waals surface area contributed by atoms with Gasteiger partial charge in [-0.2, -0.15) is 13.2 Å². The highest BCUT2D eigenvalue weighted by Crippen LogP contribution is 2.30. The van der Waals surface area contributed by atoms with Gasteiger partial charge in [-0.15, -0.1) is 0 Å². The highest BCUT2D eigenvalue weighted by molar-refractivity contribution is 5.98. The van der Waals surface area contributed by atoms with Crippen molar-refractivity contribution in [1.29, 1.82) is 0 Å². The zero-order chi connectivity index (χ0) is 27.9. The first-order valence-electron chi connectivity index (χ1n) is 11.8. The van der Waals surface area contributed by atoms with Crippen LogP contribution in [0.25, 0.3) is 11.1 Å². The Bertz CT molecular complexity index is 1260. The summed E-state index contributed by atoms with van der Waals surface area (Å²) in [6.45, 7) is 2.31. The molecule has 0 spiro atoms. The number of anilines is 2. The summed E-state index contributed by atoms with van der Waals surface area (Å²) in [7, 11) is 0. The van der Waals surface area contributed by atoms with Crippen LogP contribution in [0, 0.1) is 17.5 Å². The van der Waals surface area contributed by atoms with Gasteiger partial charge in [-0.1, -0.05) is 62.2 Å². The molecular weight excluding hydrogens is 512 g/mol. The van der Waals surface area contributed by atoms with Crippen LogP contribution in [0.4, 0.5) is 42.5 Å². The van der Waals surface area contributed by atoms with E-state index in [0.717, 1.165) is 12.8 Å². The van der Waals surface area contributed by atoms with E-state index in [1.54, 1.807) is 36.4 Å². The topological polar surface area (TPSA) is 61.4 Å². The first-order chi connectivity index (χ1) is 18.0. The second-order valence-electron chi connectivity index (χ2n) is 8.50. The van der Waals surface area contributed by atoms with Crippen molar-refractivity contribution in [1.82, 2.24) is 4.90 Å². The number of hydrogen-bond donors (Lipinski definition) is 2. The SMILES string of the molecule is CCCCCN(Cc1ccc(-c2ccccc2NC(=O)C(F)(F)F)cc1)C(=O)Nc1c(F)cc(F)cc1F. The molecule has 0 saturated carbocycles. The van der Waals surface area contributed by atoms with Gasteiger partial charge in [0.05, 0.1) is 0 Å². The van der Waals surface area contributed by atoms with Crippen LogP contribution in [0.15, 0.2) is 60.7 Å². The molecule has 3 rings (SSSR count). The number of halogens is 6. The summed E-state index contributed by atoms with van der Waals surface area (Å²) >= 11 is 0. The molecule has 3 amide bonds. The lowest BCUT2D eigenvalue weighted by Crippen LogP contribution is -2.35. The van der Waals surface area contributed by atoms with Gasteiger partial charge in [-0.25, -0.2) is 18.0 Å². The van der Waals surface area contributed by atoms with Crippen molar-refractivity contribution >= 4 is 23.3 Å². The number of nitrogens with zero attached hydrogens (tertiary/aromatic N) is 1. The normalized spacial score (nSPS) is 11.2. The van der Waals surface area contributed by atoms with Gasteiger partial charge in [0.25, 0.3) is 0 Å². The van der Waals surface area contributed by atoms with Gasteiger partial charge in [-0.05, 0) is 23.6 Å². The monoisotopic (exact) mass is 537 g/mol. The lowest BCUT2D eigenvalue weighted by atomic mass is 10.0. The first-order valence-corrected chi connectivity index (χ1v) is 11.8. The second-order valence-corrected chi connectivity index (χ2v) is 8.50. The van der Waals surface area contributed by atoms with Crippen LogP contribution >= 0.6 is 0 Å².